The molecule has 1 atom stereocenters. The van der Waals surface area contributed by atoms with Crippen molar-refractivity contribution in [2.24, 2.45) is 0 Å². The predicted molar refractivity (Wildman–Crippen MR) is 77.6 cm³/mol. The van der Waals surface area contributed by atoms with Gasteiger partial charge in [-0.15, -0.1) is 0 Å². The van der Waals surface area contributed by atoms with E-state index in [1.54, 1.807) is 33.2 Å². The smallest absolute Gasteiger partial charge is 0.262 e. The molecule has 0 bridgehead atoms. The van der Waals surface area contributed by atoms with E-state index in [0.717, 1.165) is 12.1 Å². The first kappa shape index (κ1) is 15.8. The third-order valence-corrected chi connectivity index (χ3v) is 2.92. The summed E-state index contributed by atoms with van der Waals surface area (Å²) in [7, 11) is 3.42. The molecule has 0 aliphatic carbocycles. The summed E-state index contributed by atoms with van der Waals surface area (Å²) in [5, 5.41) is 3.88. The predicted octanol–water partition coefficient (Wildman–Crippen LogP) is 2.31. The Labute approximate surface area is 119 Å². The second-order valence-electron chi connectivity index (χ2n) is 4.53. The van der Waals surface area contributed by atoms with Crippen LogP contribution in [-0.4, -0.2) is 37.6 Å². The fourth-order valence-electron chi connectivity index (χ4n) is 1.67. The zero-order valence-electron chi connectivity index (χ0n) is 11.9. The first-order valence-electron chi connectivity index (χ1n) is 6.32. The summed E-state index contributed by atoms with van der Waals surface area (Å²) in [6, 6.07) is 5.42. The highest BCUT2D eigenvalue weighted by Gasteiger charge is 2.18. The van der Waals surface area contributed by atoms with Crippen LogP contribution in [0.5, 0.6) is 5.75 Å². The maximum absolute atomic E-state index is 11.8. The second kappa shape index (κ2) is 7.36. The van der Waals surface area contributed by atoms with Crippen LogP contribution in [0.15, 0.2) is 18.2 Å². The summed E-state index contributed by atoms with van der Waals surface area (Å²) in [4.78, 5) is 13.3. The Morgan fingerprint density at radius 2 is 2.16 bits per heavy atom. The van der Waals surface area contributed by atoms with Gasteiger partial charge in [-0.25, -0.2) is 0 Å². The fraction of sp³-hybridized carbons (Fsp3) is 0.500. The SMILES string of the molecule is CCNCc1cc(Cl)ccc1OC(C)C(=O)N(C)C. The average molecular weight is 285 g/mol. The molecule has 0 radical (unpaired) electrons. The molecule has 5 heteroatoms. The highest BCUT2D eigenvalue weighted by atomic mass is 35.5. The molecule has 1 aromatic carbocycles. The fourth-order valence-corrected chi connectivity index (χ4v) is 1.86. The Morgan fingerprint density at radius 3 is 2.74 bits per heavy atom. The lowest BCUT2D eigenvalue weighted by Crippen LogP contribution is -2.35. The van der Waals surface area contributed by atoms with E-state index in [9.17, 15) is 4.79 Å². The number of hydrogen-bond acceptors (Lipinski definition) is 3. The molecule has 0 spiro atoms. The number of ether oxygens (including phenoxy) is 1. The van der Waals surface area contributed by atoms with Crippen molar-refractivity contribution in [3.8, 4) is 5.75 Å². The molecule has 0 aliphatic rings. The van der Waals surface area contributed by atoms with Crippen LogP contribution in [0.3, 0.4) is 0 Å². The molecule has 1 N–H and O–H groups in total. The Balaban J connectivity index is 2.84. The number of nitrogens with zero attached hydrogens (tertiary/aromatic N) is 1. The lowest BCUT2D eigenvalue weighted by atomic mass is 10.2. The lowest BCUT2D eigenvalue weighted by molar-refractivity contribution is -0.135. The summed E-state index contributed by atoms with van der Waals surface area (Å²) in [5.41, 5.74) is 0.952. The molecule has 0 saturated heterocycles. The zero-order valence-corrected chi connectivity index (χ0v) is 12.6. The summed E-state index contributed by atoms with van der Waals surface area (Å²) in [6.45, 7) is 5.30. The van der Waals surface area contributed by atoms with Gasteiger partial charge in [0.25, 0.3) is 5.91 Å². The number of carbonyl (C=O) groups excluding carboxylic acids is 1. The number of likely N-dealkylation sites (N-methyl/N-ethyl adjacent to an activating group) is 1. The molecule has 0 heterocycles. The molecule has 1 amide bonds. The van der Waals surface area contributed by atoms with Crippen LogP contribution in [0.25, 0.3) is 0 Å². The number of carbonyl (C=O) groups is 1. The molecular formula is C14H21ClN2O2. The normalized spacial score (nSPS) is 12.1. The molecule has 4 nitrogen and oxygen atoms in total. The molecule has 0 saturated carbocycles. The van der Waals surface area contributed by atoms with Crippen LogP contribution in [0.4, 0.5) is 0 Å². The minimum Gasteiger partial charge on any atom is -0.481 e. The van der Waals surface area contributed by atoms with Crippen molar-refractivity contribution in [3.63, 3.8) is 0 Å². The van der Waals surface area contributed by atoms with Crippen molar-refractivity contribution in [1.82, 2.24) is 10.2 Å². The molecule has 0 aliphatic heterocycles. The number of amides is 1. The zero-order chi connectivity index (χ0) is 14.4. The Morgan fingerprint density at radius 1 is 1.47 bits per heavy atom. The van der Waals surface area contributed by atoms with Gasteiger partial charge < -0.3 is 15.0 Å². The minimum absolute atomic E-state index is 0.0654. The Hall–Kier alpha value is -1.26. The topological polar surface area (TPSA) is 41.6 Å². The van der Waals surface area contributed by atoms with Gasteiger partial charge in [-0.2, -0.15) is 0 Å². The van der Waals surface area contributed by atoms with Crippen LogP contribution in [0.2, 0.25) is 5.02 Å². The van der Waals surface area contributed by atoms with Gasteiger partial charge in [0, 0.05) is 31.2 Å². The first-order chi connectivity index (χ1) is 8.95. The van der Waals surface area contributed by atoms with E-state index >= 15 is 0 Å². The number of rotatable bonds is 6. The number of benzene rings is 1. The van der Waals surface area contributed by atoms with Crippen molar-refractivity contribution in [2.45, 2.75) is 26.5 Å². The van der Waals surface area contributed by atoms with Crippen molar-refractivity contribution < 1.29 is 9.53 Å². The van der Waals surface area contributed by atoms with Crippen molar-refractivity contribution in [3.05, 3.63) is 28.8 Å². The average Bonchev–Trinajstić information content (AvgIpc) is 2.37. The molecule has 106 valence electrons. The maximum Gasteiger partial charge on any atom is 0.262 e. The van der Waals surface area contributed by atoms with E-state index < -0.39 is 6.10 Å². The van der Waals surface area contributed by atoms with Gasteiger partial charge in [0.05, 0.1) is 0 Å². The largest absolute Gasteiger partial charge is 0.481 e. The summed E-state index contributed by atoms with van der Waals surface area (Å²) in [6.07, 6.45) is -0.517. The van der Waals surface area contributed by atoms with E-state index in [0.29, 0.717) is 17.3 Å². The first-order valence-corrected chi connectivity index (χ1v) is 6.70. The van der Waals surface area contributed by atoms with Crippen LogP contribution < -0.4 is 10.1 Å². The van der Waals surface area contributed by atoms with Crippen LogP contribution >= 0.6 is 11.6 Å². The third kappa shape index (κ3) is 4.73. The molecule has 1 rings (SSSR count). The maximum atomic E-state index is 11.8. The second-order valence-corrected chi connectivity index (χ2v) is 4.96. The molecule has 0 fully saturated rings. The van der Waals surface area contributed by atoms with Gasteiger partial charge in [-0.1, -0.05) is 18.5 Å². The Bertz CT molecular complexity index is 435. The molecule has 0 aromatic heterocycles. The quantitative estimate of drug-likeness (QED) is 0.872. The van der Waals surface area contributed by atoms with Crippen molar-refractivity contribution >= 4 is 17.5 Å². The van der Waals surface area contributed by atoms with Gasteiger partial charge in [-0.3, -0.25) is 4.79 Å². The molecular weight excluding hydrogens is 264 g/mol. The van der Waals surface area contributed by atoms with Crippen LogP contribution in [0, 0.1) is 0 Å². The highest BCUT2D eigenvalue weighted by Crippen LogP contribution is 2.24. The standard InChI is InChI=1S/C14H21ClN2O2/c1-5-16-9-11-8-12(15)6-7-13(11)19-10(2)14(18)17(3)4/h6-8,10,16H,5,9H2,1-4H3. The van der Waals surface area contributed by atoms with E-state index in [1.165, 1.54) is 4.90 Å². The number of halogens is 1. The summed E-state index contributed by atoms with van der Waals surface area (Å²) >= 11 is 5.99. The third-order valence-electron chi connectivity index (χ3n) is 2.68. The van der Waals surface area contributed by atoms with E-state index in [2.05, 4.69) is 5.32 Å². The van der Waals surface area contributed by atoms with E-state index in [-0.39, 0.29) is 5.91 Å². The Kier molecular flexibility index (Phi) is 6.12. The highest BCUT2D eigenvalue weighted by molar-refractivity contribution is 6.30. The van der Waals surface area contributed by atoms with Crippen molar-refractivity contribution in [2.75, 3.05) is 20.6 Å². The molecule has 1 unspecified atom stereocenters. The lowest BCUT2D eigenvalue weighted by Gasteiger charge is -2.20. The van der Waals surface area contributed by atoms with Gasteiger partial charge in [-0.05, 0) is 31.7 Å². The van der Waals surface area contributed by atoms with Gasteiger partial charge in [0.15, 0.2) is 6.10 Å². The van der Waals surface area contributed by atoms with Gasteiger partial charge in [0.2, 0.25) is 0 Å². The van der Waals surface area contributed by atoms with Gasteiger partial charge in [0.1, 0.15) is 5.75 Å². The van der Waals surface area contributed by atoms with E-state index in [4.69, 9.17) is 16.3 Å². The van der Waals surface area contributed by atoms with Crippen LogP contribution in [0.1, 0.15) is 19.4 Å². The number of nitrogens with one attached hydrogen (secondary N) is 1. The van der Waals surface area contributed by atoms with E-state index in [1.807, 2.05) is 13.0 Å². The van der Waals surface area contributed by atoms with Crippen LogP contribution in [-0.2, 0) is 11.3 Å². The number of hydrogen-bond donors (Lipinski definition) is 1. The van der Waals surface area contributed by atoms with Crippen molar-refractivity contribution in [1.29, 1.82) is 0 Å². The van der Waals surface area contributed by atoms with Gasteiger partial charge >= 0.3 is 0 Å². The molecule has 19 heavy (non-hydrogen) atoms. The minimum atomic E-state index is -0.517. The summed E-state index contributed by atoms with van der Waals surface area (Å²) in [5.74, 6) is 0.623. The summed E-state index contributed by atoms with van der Waals surface area (Å²) < 4.78 is 5.73. The monoisotopic (exact) mass is 284 g/mol. The molecule has 1 aromatic rings.